The Hall–Kier alpha value is -2.33. The maximum atomic E-state index is 12.3. The second-order valence-corrected chi connectivity index (χ2v) is 6.65. The van der Waals surface area contributed by atoms with E-state index < -0.39 is 6.04 Å². The highest BCUT2D eigenvalue weighted by Gasteiger charge is 2.17. The second-order valence-electron chi connectivity index (χ2n) is 6.65. The SMILES string of the molecule is CC(CCc1ccc(OC(C)C)cc1)NC(=O)C(N)c1ccccc1. The fourth-order valence-electron chi connectivity index (χ4n) is 2.61. The van der Waals surface area contributed by atoms with E-state index in [0.717, 1.165) is 24.2 Å². The number of carbonyl (C=O) groups excluding carboxylic acids is 1. The summed E-state index contributed by atoms with van der Waals surface area (Å²) < 4.78 is 5.64. The molecule has 0 aliphatic heterocycles. The molecule has 0 saturated heterocycles. The van der Waals surface area contributed by atoms with Crippen LogP contribution in [-0.2, 0) is 11.2 Å². The molecule has 4 nitrogen and oxygen atoms in total. The molecule has 2 aromatic carbocycles. The van der Waals surface area contributed by atoms with Gasteiger partial charge in [0.1, 0.15) is 11.8 Å². The minimum absolute atomic E-state index is 0.0638. The molecule has 0 spiro atoms. The first-order valence-corrected chi connectivity index (χ1v) is 8.82. The molecule has 1 amide bonds. The average molecular weight is 340 g/mol. The first kappa shape index (κ1) is 19.0. The molecule has 25 heavy (non-hydrogen) atoms. The summed E-state index contributed by atoms with van der Waals surface area (Å²) >= 11 is 0. The van der Waals surface area contributed by atoms with E-state index >= 15 is 0 Å². The van der Waals surface area contributed by atoms with Gasteiger partial charge in [0.25, 0.3) is 0 Å². The van der Waals surface area contributed by atoms with E-state index in [-0.39, 0.29) is 18.1 Å². The zero-order valence-electron chi connectivity index (χ0n) is 15.2. The highest BCUT2D eigenvalue weighted by molar-refractivity contribution is 5.83. The molecular formula is C21H28N2O2. The molecule has 0 aliphatic carbocycles. The van der Waals surface area contributed by atoms with E-state index in [1.807, 2.05) is 63.2 Å². The van der Waals surface area contributed by atoms with E-state index in [2.05, 4.69) is 17.4 Å². The van der Waals surface area contributed by atoms with Crippen LogP contribution in [0.3, 0.4) is 0 Å². The minimum atomic E-state index is -0.629. The number of amides is 1. The molecular weight excluding hydrogens is 312 g/mol. The number of aryl methyl sites for hydroxylation is 1. The smallest absolute Gasteiger partial charge is 0.241 e. The molecule has 2 atom stereocenters. The molecule has 0 heterocycles. The van der Waals surface area contributed by atoms with Gasteiger partial charge >= 0.3 is 0 Å². The van der Waals surface area contributed by atoms with Gasteiger partial charge in [-0.05, 0) is 56.9 Å². The van der Waals surface area contributed by atoms with Crippen LogP contribution in [0.1, 0.15) is 44.4 Å². The summed E-state index contributed by atoms with van der Waals surface area (Å²) in [5, 5.41) is 3.00. The normalized spacial score (nSPS) is 13.3. The van der Waals surface area contributed by atoms with Crippen molar-refractivity contribution in [2.75, 3.05) is 0 Å². The van der Waals surface area contributed by atoms with Crippen LogP contribution in [0.15, 0.2) is 54.6 Å². The zero-order valence-corrected chi connectivity index (χ0v) is 15.2. The van der Waals surface area contributed by atoms with Gasteiger partial charge in [-0.3, -0.25) is 4.79 Å². The molecule has 134 valence electrons. The Morgan fingerprint density at radius 2 is 1.68 bits per heavy atom. The number of carbonyl (C=O) groups is 1. The average Bonchev–Trinajstić information content (AvgIpc) is 2.60. The van der Waals surface area contributed by atoms with Gasteiger partial charge in [0.15, 0.2) is 0 Å². The summed E-state index contributed by atoms with van der Waals surface area (Å²) in [5.74, 6) is 0.744. The molecule has 2 aromatic rings. The van der Waals surface area contributed by atoms with Crippen LogP contribution in [0.25, 0.3) is 0 Å². The van der Waals surface area contributed by atoms with Gasteiger partial charge in [-0.1, -0.05) is 42.5 Å². The standard InChI is InChI=1S/C21H28N2O2/c1-15(2)25-19-13-11-17(12-14-19)10-9-16(3)23-21(24)20(22)18-7-5-4-6-8-18/h4-8,11-16,20H,9-10,22H2,1-3H3,(H,23,24). The third-order valence-corrected chi connectivity index (χ3v) is 3.99. The van der Waals surface area contributed by atoms with Gasteiger partial charge < -0.3 is 15.8 Å². The number of rotatable bonds is 8. The van der Waals surface area contributed by atoms with Gasteiger partial charge in [0.2, 0.25) is 5.91 Å². The second kappa shape index (κ2) is 9.23. The largest absolute Gasteiger partial charge is 0.491 e. The number of hydrogen-bond donors (Lipinski definition) is 2. The van der Waals surface area contributed by atoms with Crippen molar-refractivity contribution in [3.8, 4) is 5.75 Å². The maximum absolute atomic E-state index is 12.3. The molecule has 2 rings (SSSR count). The van der Waals surface area contributed by atoms with E-state index in [1.54, 1.807) is 0 Å². The van der Waals surface area contributed by atoms with Crippen molar-refractivity contribution in [2.24, 2.45) is 5.73 Å². The third kappa shape index (κ3) is 6.24. The number of benzene rings is 2. The lowest BCUT2D eigenvalue weighted by Crippen LogP contribution is -2.39. The van der Waals surface area contributed by atoms with Crippen LogP contribution < -0.4 is 15.8 Å². The third-order valence-electron chi connectivity index (χ3n) is 3.99. The van der Waals surface area contributed by atoms with Gasteiger partial charge in [-0.15, -0.1) is 0 Å². The number of nitrogens with two attached hydrogens (primary N) is 1. The van der Waals surface area contributed by atoms with Crippen molar-refractivity contribution in [1.82, 2.24) is 5.32 Å². The first-order valence-electron chi connectivity index (χ1n) is 8.82. The Morgan fingerprint density at radius 1 is 1.04 bits per heavy atom. The Bertz CT molecular complexity index is 653. The van der Waals surface area contributed by atoms with E-state index in [1.165, 1.54) is 5.56 Å². The Balaban J connectivity index is 1.80. The summed E-state index contributed by atoms with van der Waals surface area (Å²) in [4.78, 5) is 12.3. The minimum Gasteiger partial charge on any atom is -0.491 e. The van der Waals surface area contributed by atoms with Crippen molar-refractivity contribution < 1.29 is 9.53 Å². The summed E-state index contributed by atoms with van der Waals surface area (Å²) in [5.41, 5.74) is 8.08. The molecule has 4 heteroatoms. The molecule has 0 bridgehead atoms. The van der Waals surface area contributed by atoms with Crippen LogP contribution in [0, 0.1) is 0 Å². The maximum Gasteiger partial charge on any atom is 0.241 e. The summed E-state index contributed by atoms with van der Waals surface area (Å²) in [6, 6.07) is 17.0. The molecule has 0 aliphatic rings. The fraction of sp³-hybridized carbons (Fsp3) is 0.381. The molecule has 0 saturated carbocycles. The van der Waals surface area contributed by atoms with Crippen LogP contribution >= 0.6 is 0 Å². The summed E-state index contributed by atoms with van der Waals surface area (Å²) in [7, 11) is 0. The zero-order chi connectivity index (χ0) is 18.2. The monoisotopic (exact) mass is 340 g/mol. The number of ether oxygens (including phenoxy) is 1. The molecule has 0 aromatic heterocycles. The summed E-state index contributed by atoms with van der Waals surface area (Å²) in [6.07, 6.45) is 1.93. The highest BCUT2D eigenvalue weighted by atomic mass is 16.5. The van der Waals surface area contributed by atoms with Crippen LogP contribution in [0.2, 0.25) is 0 Å². The van der Waals surface area contributed by atoms with Crippen molar-refractivity contribution in [1.29, 1.82) is 0 Å². The van der Waals surface area contributed by atoms with Crippen molar-refractivity contribution in [3.63, 3.8) is 0 Å². The predicted molar refractivity (Wildman–Crippen MR) is 102 cm³/mol. The van der Waals surface area contributed by atoms with Gasteiger partial charge in [-0.25, -0.2) is 0 Å². The Labute approximate surface area is 150 Å². The lowest BCUT2D eigenvalue weighted by Gasteiger charge is -2.18. The van der Waals surface area contributed by atoms with Crippen LogP contribution in [0.4, 0.5) is 0 Å². The first-order chi connectivity index (χ1) is 12.0. The van der Waals surface area contributed by atoms with Crippen LogP contribution in [-0.4, -0.2) is 18.1 Å². The molecule has 0 fully saturated rings. The van der Waals surface area contributed by atoms with Crippen molar-refractivity contribution >= 4 is 5.91 Å². The predicted octanol–water partition coefficient (Wildman–Crippen LogP) is 3.61. The molecule has 2 unspecified atom stereocenters. The van der Waals surface area contributed by atoms with Gasteiger partial charge in [0, 0.05) is 6.04 Å². The molecule has 0 radical (unpaired) electrons. The number of hydrogen-bond acceptors (Lipinski definition) is 3. The van der Waals surface area contributed by atoms with Crippen molar-refractivity contribution in [3.05, 3.63) is 65.7 Å². The van der Waals surface area contributed by atoms with Gasteiger partial charge in [-0.2, -0.15) is 0 Å². The van der Waals surface area contributed by atoms with Gasteiger partial charge in [0.05, 0.1) is 6.10 Å². The lowest BCUT2D eigenvalue weighted by molar-refractivity contribution is -0.123. The Kier molecular flexibility index (Phi) is 7.02. The van der Waals surface area contributed by atoms with E-state index in [9.17, 15) is 4.79 Å². The quantitative estimate of drug-likeness (QED) is 0.771. The molecule has 3 N–H and O–H groups in total. The number of nitrogens with one attached hydrogen (secondary N) is 1. The van der Waals surface area contributed by atoms with E-state index in [0.29, 0.717) is 0 Å². The summed E-state index contributed by atoms with van der Waals surface area (Å²) in [6.45, 7) is 6.03. The van der Waals surface area contributed by atoms with E-state index in [4.69, 9.17) is 10.5 Å². The topological polar surface area (TPSA) is 64.3 Å². The van der Waals surface area contributed by atoms with Crippen LogP contribution in [0.5, 0.6) is 5.75 Å². The van der Waals surface area contributed by atoms with Crippen molar-refractivity contribution in [2.45, 2.75) is 51.8 Å². The lowest BCUT2D eigenvalue weighted by atomic mass is 10.0. The highest BCUT2D eigenvalue weighted by Crippen LogP contribution is 2.16. The Morgan fingerprint density at radius 3 is 2.28 bits per heavy atom. The fourth-order valence-corrected chi connectivity index (χ4v) is 2.61.